The predicted octanol–water partition coefficient (Wildman–Crippen LogP) is 2.85. The number of amides is 1. The van der Waals surface area contributed by atoms with Gasteiger partial charge in [0.15, 0.2) is 0 Å². The summed E-state index contributed by atoms with van der Waals surface area (Å²) >= 11 is 1.49. The summed E-state index contributed by atoms with van der Waals surface area (Å²) in [7, 11) is 0. The van der Waals surface area contributed by atoms with E-state index in [0.717, 1.165) is 10.9 Å². The van der Waals surface area contributed by atoms with Crippen molar-refractivity contribution in [3.8, 4) is 5.75 Å². The number of thiophene rings is 1. The first-order valence-corrected chi connectivity index (χ1v) is 6.69. The van der Waals surface area contributed by atoms with E-state index in [-0.39, 0.29) is 11.6 Å². The molecule has 0 bridgehead atoms. The van der Waals surface area contributed by atoms with Crippen LogP contribution in [0.2, 0.25) is 0 Å². The van der Waals surface area contributed by atoms with E-state index in [2.05, 4.69) is 5.32 Å². The second-order valence-electron chi connectivity index (χ2n) is 4.14. The number of rotatable bonds is 4. The molecule has 7 heteroatoms. The minimum absolute atomic E-state index is 0.109. The first-order valence-electron chi connectivity index (χ1n) is 5.81. The summed E-state index contributed by atoms with van der Waals surface area (Å²) in [6.45, 7) is 1.80. The Balaban J connectivity index is 2.22. The van der Waals surface area contributed by atoms with Gasteiger partial charge in [0, 0.05) is 10.9 Å². The van der Waals surface area contributed by atoms with Gasteiger partial charge in [0.1, 0.15) is 0 Å². The molecule has 2 N–H and O–H groups in total. The highest BCUT2D eigenvalue weighted by molar-refractivity contribution is 7.10. The van der Waals surface area contributed by atoms with E-state index in [1.807, 2.05) is 17.5 Å². The molecule has 1 aromatic carbocycles. The molecular weight excluding hydrogens is 280 g/mol. The topological polar surface area (TPSA) is 92.5 Å². The predicted molar refractivity (Wildman–Crippen MR) is 75.0 cm³/mol. The zero-order valence-electron chi connectivity index (χ0n) is 10.6. The van der Waals surface area contributed by atoms with Crippen molar-refractivity contribution in [3.05, 3.63) is 56.3 Å². The van der Waals surface area contributed by atoms with Crippen molar-refractivity contribution in [1.29, 1.82) is 0 Å². The molecule has 1 aromatic heterocycles. The Kier molecular flexibility index (Phi) is 3.99. The van der Waals surface area contributed by atoms with E-state index in [4.69, 9.17) is 0 Å². The molecule has 2 aromatic rings. The van der Waals surface area contributed by atoms with Gasteiger partial charge in [-0.3, -0.25) is 14.9 Å². The van der Waals surface area contributed by atoms with Crippen molar-refractivity contribution in [2.75, 3.05) is 0 Å². The third kappa shape index (κ3) is 2.77. The molecular formula is C13H12N2O4S. The van der Waals surface area contributed by atoms with Crippen LogP contribution < -0.4 is 5.32 Å². The Morgan fingerprint density at radius 1 is 1.40 bits per heavy atom. The highest BCUT2D eigenvalue weighted by atomic mass is 32.1. The lowest BCUT2D eigenvalue weighted by Gasteiger charge is -2.12. The quantitative estimate of drug-likeness (QED) is 0.669. The summed E-state index contributed by atoms with van der Waals surface area (Å²) < 4.78 is 0. The van der Waals surface area contributed by atoms with Crippen molar-refractivity contribution >= 4 is 22.9 Å². The number of nitrogens with zero attached hydrogens (tertiary/aromatic N) is 1. The fraction of sp³-hybridized carbons (Fsp3) is 0.154. The number of phenolic OH excluding ortho intramolecular Hbond substituents is 1. The van der Waals surface area contributed by atoms with Crippen LogP contribution in [-0.2, 0) is 0 Å². The van der Waals surface area contributed by atoms with Crippen LogP contribution in [0.15, 0.2) is 35.7 Å². The van der Waals surface area contributed by atoms with Crippen molar-refractivity contribution in [2.45, 2.75) is 13.0 Å². The molecule has 20 heavy (non-hydrogen) atoms. The lowest BCUT2D eigenvalue weighted by Crippen LogP contribution is -2.26. The minimum atomic E-state index is -0.727. The number of nitro groups is 1. The van der Waals surface area contributed by atoms with Gasteiger partial charge >= 0.3 is 5.69 Å². The Morgan fingerprint density at radius 2 is 2.15 bits per heavy atom. The van der Waals surface area contributed by atoms with Gasteiger partial charge in [-0.1, -0.05) is 12.1 Å². The zero-order chi connectivity index (χ0) is 14.7. The summed E-state index contributed by atoms with van der Waals surface area (Å²) in [6, 6.07) is 7.37. The summed E-state index contributed by atoms with van der Waals surface area (Å²) in [5, 5.41) is 25.1. The largest absolute Gasteiger partial charge is 0.502 e. The van der Waals surface area contributed by atoms with Crippen LogP contribution in [0.3, 0.4) is 0 Å². The lowest BCUT2D eigenvalue weighted by atomic mass is 10.1. The van der Waals surface area contributed by atoms with Crippen molar-refractivity contribution in [2.24, 2.45) is 0 Å². The van der Waals surface area contributed by atoms with Crippen molar-refractivity contribution in [3.63, 3.8) is 0 Å². The second kappa shape index (κ2) is 5.70. The molecule has 1 amide bonds. The fourth-order valence-corrected chi connectivity index (χ4v) is 2.48. The number of aromatic hydroxyl groups is 1. The normalized spacial score (nSPS) is 11.8. The van der Waals surface area contributed by atoms with Gasteiger partial charge in [0.25, 0.3) is 5.91 Å². The number of benzene rings is 1. The standard InChI is InChI=1S/C13H12N2O4S/c1-8(11-6-3-7-20-11)14-13(17)9-4-2-5-10(12(9)16)15(18)19/h2-8,16H,1H3,(H,14,17). The molecule has 0 saturated heterocycles. The number of hydrogen-bond donors (Lipinski definition) is 2. The van der Waals surface area contributed by atoms with Crippen LogP contribution >= 0.6 is 11.3 Å². The number of nitrogens with one attached hydrogen (secondary N) is 1. The molecule has 1 atom stereocenters. The third-order valence-corrected chi connectivity index (χ3v) is 3.83. The van der Waals surface area contributed by atoms with Crippen LogP contribution in [0, 0.1) is 10.1 Å². The molecule has 1 unspecified atom stereocenters. The highest BCUT2D eigenvalue weighted by Crippen LogP contribution is 2.29. The molecule has 0 radical (unpaired) electrons. The average Bonchev–Trinajstić information content (AvgIpc) is 2.92. The van der Waals surface area contributed by atoms with E-state index in [1.54, 1.807) is 6.92 Å². The van der Waals surface area contributed by atoms with Crippen LogP contribution in [0.5, 0.6) is 5.75 Å². The number of carbonyl (C=O) groups excluding carboxylic acids is 1. The van der Waals surface area contributed by atoms with Gasteiger partial charge in [0.05, 0.1) is 16.5 Å². The molecule has 0 fully saturated rings. The molecule has 0 aliphatic rings. The van der Waals surface area contributed by atoms with Crippen LogP contribution in [0.4, 0.5) is 5.69 Å². The molecule has 0 saturated carbocycles. The maximum absolute atomic E-state index is 12.1. The number of nitro benzene ring substituents is 1. The van der Waals surface area contributed by atoms with E-state index in [9.17, 15) is 20.0 Å². The van der Waals surface area contributed by atoms with Gasteiger partial charge in [-0.2, -0.15) is 0 Å². The molecule has 0 spiro atoms. The van der Waals surface area contributed by atoms with Crippen molar-refractivity contribution in [1.82, 2.24) is 5.32 Å². The SMILES string of the molecule is CC(NC(=O)c1cccc([N+](=O)[O-])c1O)c1cccs1. The summed E-state index contributed by atoms with van der Waals surface area (Å²) in [5.74, 6) is -1.17. The maximum atomic E-state index is 12.1. The lowest BCUT2D eigenvalue weighted by molar-refractivity contribution is -0.385. The third-order valence-electron chi connectivity index (χ3n) is 2.77. The van der Waals surface area contributed by atoms with Gasteiger partial charge in [-0.05, 0) is 24.4 Å². The molecule has 104 valence electrons. The number of phenols is 1. The monoisotopic (exact) mass is 292 g/mol. The van der Waals surface area contributed by atoms with E-state index >= 15 is 0 Å². The van der Waals surface area contributed by atoms with E-state index in [0.29, 0.717) is 0 Å². The fourth-order valence-electron chi connectivity index (χ4n) is 1.75. The van der Waals surface area contributed by atoms with E-state index in [1.165, 1.54) is 23.5 Å². The first kappa shape index (κ1) is 14.0. The Morgan fingerprint density at radius 3 is 2.75 bits per heavy atom. The van der Waals surface area contributed by atoms with Gasteiger partial charge in [0.2, 0.25) is 5.75 Å². The maximum Gasteiger partial charge on any atom is 0.311 e. The minimum Gasteiger partial charge on any atom is -0.502 e. The zero-order valence-corrected chi connectivity index (χ0v) is 11.4. The summed E-state index contributed by atoms with van der Waals surface area (Å²) in [4.78, 5) is 23.0. The number of para-hydroxylation sites is 1. The van der Waals surface area contributed by atoms with Gasteiger partial charge in [-0.15, -0.1) is 11.3 Å². The molecule has 6 nitrogen and oxygen atoms in total. The number of carbonyl (C=O) groups is 1. The summed E-state index contributed by atoms with van der Waals surface area (Å²) in [5.41, 5.74) is -0.593. The van der Waals surface area contributed by atoms with Crippen molar-refractivity contribution < 1.29 is 14.8 Å². The molecule has 2 rings (SSSR count). The van der Waals surface area contributed by atoms with Crippen LogP contribution in [0.25, 0.3) is 0 Å². The Hall–Kier alpha value is -2.41. The Labute approximate surface area is 118 Å². The number of hydrogen-bond acceptors (Lipinski definition) is 5. The molecule has 0 aliphatic heterocycles. The first-order chi connectivity index (χ1) is 9.50. The van der Waals surface area contributed by atoms with Crippen LogP contribution in [0.1, 0.15) is 28.2 Å². The van der Waals surface area contributed by atoms with E-state index < -0.39 is 22.3 Å². The van der Waals surface area contributed by atoms with Crippen LogP contribution in [-0.4, -0.2) is 15.9 Å². The average molecular weight is 292 g/mol. The smallest absolute Gasteiger partial charge is 0.311 e. The molecule has 1 heterocycles. The van der Waals surface area contributed by atoms with Gasteiger partial charge < -0.3 is 10.4 Å². The summed E-state index contributed by atoms with van der Waals surface area (Å²) in [6.07, 6.45) is 0. The molecule has 0 aliphatic carbocycles. The van der Waals surface area contributed by atoms with Gasteiger partial charge in [-0.25, -0.2) is 0 Å². The highest BCUT2D eigenvalue weighted by Gasteiger charge is 2.22. The second-order valence-corrected chi connectivity index (χ2v) is 5.12. The Bertz CT molecular complexity index is 640.